The summed E-state index contributed by atoms with van der Waals surface area (Å²) >= 11 is 1.33. The number of halogens is 4. The summed E-state index contributed by atoms with van der Waals surface area (Å²) in [6, 6.07) is 1.93. The molecule has 2 atom stereocenters. The maximum atomic E-state index is 14.1. The molecule has 7 nitrogen and oxygen atoms in total. The van der Waals surface area contributed by atoms with Crippen molar-refractivity contribution in [3.63, 3.8) is 0 Å². The monoisotopic (exact) mass is 442 g/mol. The number of pyridine rings is 1. The Labute approximate surface area is 173 Å². The van der Waals surface area contributed by atoms with Gasteiger partial charge in [0.25, 0.3) is 5.88 Å². The van der Waals surface area contributed by atoms with E-state index < -0.39 is 23.1 Å². The van der Waals surface area contributed by atoms with Gasteiger partial charge in [-0.05, 0) is 19.1 Å². The quantitative estimate of drug-likeness (QED) is 0.731. The number of nitrogens with zero attached hydrogens (tertiary/aromatic N) is 5. The standard InChI is InChI=1S/C18H18F4N6OS/c1-9-13(19)14(29-2)26-16(25-9)28-6-11-7-30-15(23)27-17(11,8-28)12-5-10(3-4-24-12)18(20,21)22/h3-5,11H,6-8H2,1-2H3,(H2,23,27)/t11-,17-/m0/s1. The van der Waals surface area contributed by atoms with E-state index in [1.165, 1.54) is 25.8 Å². The Bertz CT molecular complexity index is 1020. The molecule has 2 aromatic rings. The molecular formula is C18H18F4N6OS. The van der Waals surface area contributed by atoms with Gasteiger partial charge in [-0.25, -0.2) is 9.98 Å². The van der Waals surface area contributed by atoms with Crippen LogP contribution in [-0.2, 0) is 11.7 Å². The second-order valence-electron chi connectivity index (χ2n) is 7.12. The fourth-order valence-corrected chi connectivity index (χ4v) is 4.75. The maximum absolute atomic E-state index is 14.1. The van der Waals surface area contributed by atoms with E-state index in [1.54, 1.807) is 4.90 Å². The minimum Gasteiger partial charge on any atom is -0.479 e. The smallest absolute Gasteiger partial charge is 0.416 e. The molecule has 1 fully saturated rings. The number of rotatable bonds is 3. The van der Waals surface area contributed by atoms with Crippen molar-refractivity contribution in [2.24, 2.45) is 16.6 Å². The molecule has 0 radical (unpaired) electrons. The van der Waals surface area contributed by atoms with Crippen molar-refractivity contribution in [1.82, 2.24) is 15.0 Å². The zero-order valence-corrected chi connectivity index (χ0v) is 16.9. The Kier molecular flexibility index (Phi) is 4.99. The van der Waals surface area contributed by atoms with Crippen LogP contribution in [0, 0.1) is 18.7 Å². The fraction of sp³-hybridized carbons (Fsp3) is 0.444. The molecule has 2 aliphatic heterocycles. The van der Waals surface area contributed by atoms with Gasteiger partial charge in [0.2, 0.25) is 11.8 Å². The van der Waals surface area contributed by atoms with Gasteiger partial charge in [-0.2, -0.15) is 22.5 Å². The van der Waals surface area contributed by atoms with Gasteiger partial charge in [-0.3, -0.25) is 4.98 Å². The van der Waals surface area contributed by atoms with Gasteiger partial charge in [-0.1, -0.05) is 11.8 Å². The summed E-state index contributed by atoms with van der Waals surface area (Å²) in [5, 5.41) is 0.279. The van der Waals surface area contributed by atoms with Gasteiger partial charge in [0.15, 0.2) is 5.17 Å². The Morgan fingerprint density at radius 2 is 2.10 bits per heavy atom. The number of amidine groups is 1. The maximum Gasteiger partial charge on any atom is 0.416 e. The number of aryl methyl sites for hydroxylation is 1. The lowest BCUT2D eigenvalue weighted by atomic mass is 9.84. The lowest BCUT2D eigenvalue weighted by Crippen LogP contribution is -2.41. The molecule has 12 heteroatoms. The molecule has 0 aromatic carbocycles. The lowest BCUT2D eigenvalue weighted by molar-refractivity contribution is -0.137. The predicted molar refractivity (Wildman–Crippen MR) is 104 cm³/mol. The highest BCUT2D eigenvalue weighted by Gasteiger charge is 2.52. The number of aromatic nitrogens is 3. The van der Waals surface area contributed by atoms with E-state index in [9.17, 15) is 17.6 Å². The molecule has 0 aliphatic carbocycles. The molecule has 0 saturated carbocycles. The number of fused-ring (bicyclic) bond motifs is 1. The van der Waals surface area contributed by atoms with Crippen LogP contribution in [0.1, 0.15) is 17.0 Å². The number of alkyl halides is 3. The molecule has 2 N–H and O–H groups in total. The first-order chi connectivity index (χ1) is 14.1. The van der Waals surface area contributed by atoms with Gasteiger partial charge < -0.3 is 15.4 Å². The van der Waals surface area contributed by atoms with Crippen molar-refractivity contribution in [2.75, 3.05) is 30.9 Å². The number of methoxy groups -OCH3 is 1. The average molecular weight is 442 g/mol. The van der Waals surface area contributed by atoms with Crippen LogP contribution in [0.2, 0.25) is 0 Å². The van der Waals surface area contributed by atoms with Crippen molar-refractivity contribution in [1.29, 1.82) is 0 Å². The molecule has 1 saturated heterocycles. The van der Waals surface area contributed by atoms with Crippen molar-refractivity contribution in [3.05, 3.63) is 41.1 Å². The molecular weight excluding hydrogens is 424 g/mol. The lowest BCUT2D eigenvalue weighted by Gasteiger charge is -2.33. The van der Waals surface area contributed by atoms with Crippen LogP contribution in [0.3, 0.4) is 0 Å². The molecule has 30 heavy (non-hydrogen) atoms. The molecule has 2 aromatic heterocycles. The van der Waals surface area contributed by atoms with Gasteiger partial charge >= 0.3 is 6.18 Å². The van der Waals surface area contributed by atoms with Crippen LogP contribution in [0.5, 0.6) is 5.88 Å². The molecule has 0 bridgehead atoms. The third-order valence-electron chi connectivity index (χ3n) is 5.27. The summed E-state index contributed by atoms with van der Waals surface area (Å²) in [5.74, 6) is -0.293. The first-order valence-electron chi connectivity index (χ1n) is 8.99. The van der Waals surface area contributed by atoms with E-state index in [2.05, 4.69) is 19.9 Å². The van der Waals surface area contributed by atoms with Crippen molar-refractivity contribution in [3.8, 4) is 5.88 Å². The zero-order valence-electron chi connectivity index (χ0n) is 16.1. The third-order valence-corrected chi connectivity index (χ3v) is 6.23. The van der Waals surface area contributed by atoms with Gasteiger partial charge in [0.05, 0.1) is 30.6 Å². The summed E-state index contributed by atoms with van der Waals surface area (Å²) in [5.41, 5.74) is 4.35. The highest BCUT2D eigenvalue weighted by molar-refractivity contribution is 8.13. The Hall–Kier alpha value is -2.63. The van der Waals surface area contributed by atoms with E-state index in [-0.39, 0.29) is 40.8 Å². The Morgan fingerprint density at radius 3 is 2.80 bits per heavy atom. The highest BCUT2D eigenvalue weighted by Crippen LogP contribution is 2.46. The van der Waals surface area contributed by atoms with E-state index in [4.69, 9.17) is 10.5 Å². The summed E-state index contributed by atoms with van der Waals surface area (Å²) in [6.07, 6.45) is -3.38. The molecule has 0 amide bonds. The topological polar surface area (TPSA) is 89.5 Å². The van der Waals surface area contributed by atoms with Gasteiger partial charge in [0.1, 0.15) is 5.54 Å². The molecule has 0 spiro atoms. The summed E-state index contributed by atoms with van der Waals surface area (Å²) in [6.45, 7) is 2.04. The SMILES string of the molecule is COc1nc(N2C[C@H]3CSC(N)=N[C@@]3(c3cc(C(F)(F)F)ccn3)C2)nc(C)c1F. The molecule has 0 unspecified atom stereocenters. The zero-order chi connectivity index (χ0) is 21.7. The molecule has 160 valence electrons. The van der Waals surface area contributed by atoms with Crippen LogP contribution >= 0.6 is 11.8 Å². The number of aliphatic imine (C=N–C) groups is 1. The number of ether oxygens (including phenoxy) is 1. The fourth-order valence-electron chi connectivity index (χ4n) is 3.77. The van der Waals surface area contributed by atoms with E-state index in [0.717, 1.165) is 18.3 Å². The van der Waals surface area contributed by atoms with E-state index in [0.29, 0.717) is 12.3 Å². The largest absolute Gasteiger partial charge is 0.479 e. The first-order valence-corrected chi connectivity index (χ1v) is 9.97. The van der Waals surface area contributed by atoms with Gasteiger partial charge in [0, 0.05) is 24.4 Å². The Balaban J connectivity index is 1.79. The van der Waals surface area contributed by atoms with Crippen LogP contribution < -0.4 is 15.4 Å². The van der Waals surface area contributed by atoms with Crippen LogP contribution in [0.25, 0.3) is 0 Å². The summed E-state index contributed by atoms with van der Waals surface area (Å²) in [7, 11) is 1.30. The van der Waals surface area contributed by atoms with E-state index in [1.807, 2.05) is 0 Å². The number of hydrogen-bond donors (Lipinski definition) is 1. The summed E-state index contributed by atoms with van der Waals surface area (Å²) in [4.78, 5) is 18.8. The van der Waals surface area contributed by atoms with Gasteiger partial charge in [-0.15, -0.1) is 0 Å². The molecule has 4 rings (SSSR count). The minimum atomic E-state index is -4.51. The summed E-state index contributed by atoms with van der Waals surface area (Å²) < 4.78 is 58.9. The second kappa shape index (κ2) is 7.25. The second-order valence-corrected chi connectivity index (χ2v) is 8.16. The van der Waals surface area contributed by atoms with Crippen LogP contribution in [-0.4, -0.2) is 46.1 Å². The van der Waals surface area contributed by atoms with Crippen molar-refractivity contribution >= 4 is 22.9 Å². The van der Waals surface area contributed by atoms with Crippen LogP contribution in [0.4, 0.5) is 23.5 Å². The van der Waals surface area contributed by atoms with Crippen molar-refractivity contribution in [2.45, 2.75) is 18.6 Å². The molecule has 2 aliphatic rings. The predicted octanol–water partition coefficient (Wildman–Crippen LogP) is 2.74. The number of hydrogen-bond acceptors (Lipinski definition) is 8. The third kappa shape index (κ3) is 3.42. The first kappa shape index (κ1) is 20.6. The average Bonchev–Trinajstić information content (AvgIpc) is 3.09. The number of thioether (sulfide) groups is 1. The van der Waals surface area contributed by atoms with E-state index >= 15 is 0 Å². The molecule has 4 heterocycles. The number of nitrogens with two attached hydrogens (primary N) is 1. The van der Waals surface area contributed by atoms with Crippen LogP contribution in [0.15, 0.2) is 23.3 Å². The minimum absolute atomic E-state index is 0.107. The normalized spacial score (nSPS) is 23.9. The Morgan fingerprint density at radius 1 is 1.33 bits per heavy atom. The number of anilines is 1. The highest BCUT2D eigenvalue weighted by atomic mass is 32.2. The van der Waals surface area contributed by atoms with Crippen molar-refractivity contribution < 1.29 is 22.3 Å².